The summed E-state index contributed by atoms with van der Waals surface area (Å²) in [7, 11) is 0. The van der Waals surface area contributed by atoms with Crippen LogP contribution in [-0.2, 0) is 0 Å². The standard InChI is InChI=1S/C14H11BrN2O/c15-12-6-4-11(5-7-12)13(18)8-10-17-9-2-1-3-14(17)16/h1-10,16H/p+1/b10-8+. The molecule has 3 nitrogen and oxygen atoms in total. The predicted molar refractivity (Wildman–Crippen MR) is 74.9 cm³/mol. The molecule has 0 amide bonds. The van der Waals surface area contributed by atoms with Gasteiger partial charge in [-0.25, -0.2) is 4.57 Å². The second-order valence-electron chi connectivity index (χ2n) is 3.72. The van der Waals surface area contributed by atoms with Crippen molar-refractivity contribution in [2.45, 2.75) is 0 Å². The Kier molecular flexibility index (Phi) is 3.89. The molecule has 0 atom stereocenters. The first-order valence-electron chi connectivity index (χ1n) is 5.40. The molecule has 0 radical (unpaired) electrons. The minimum absolute atomic E-state index is 0.0572. The lowest BCUT2D eigenvalue weighted by Gasteiger charge is -1.97. The molecule has 2 N–H and O–H groups in total. The van der Waals surface area contributed by atoms with Gasteiger partial charge >= 0.3 is 0 Å². The van der Waals surface area contributed by atoms with Crippen molar-refractivity contribution >= 4 is 33.7 Å². The van der Waals surface area contributed by atoms with Crippen molar-refractivity contribution in [3.63, 3.8) is 0 Å². The molecule has 0 spiro atoms. The largest absolute Gasteiger partial charge is 0.289 e. The zero-order valence-electron chi connectivity index (χ0n) is 9.58. The van der Waals surface area contributed by atoms with E-state index in [-0.39, 0.29) is 5.78 Å². The van der Waals surface area contributed by atoms with Crippen molar-refractivity contribution in [2.24, 2.45) is 0 Å². The Balaban J connectivity index is 2.17. The van der Waals surface area contributed by atoms with Crippen molar-refractivity contribution in [2.75, 3.05) is 5.73 Å². The topological polar surface area (TPSA) is 47.0 Å². The van der Waals surface area contributed by atoms with Crippen molar-refractivity contribution in [3.8, 4) is 0 Å². The Morgan fingerprint density at radius 3 is 2.56 bits per heavy atom. The van der Waals surface area contributed by atoms with Gasteiger partial charge in [0.25, 0.3) is 5.82 Å². The molecule has 2 rings (SSSR count). The van der Waals surface area contributed by atoms with E-state index in [1.54, 1.807) is 35.2 Å². The third kappa shape index (κ3) is 3.05. The van der Waals surface area contributed by atoms with E-state index in [0.29, 0.717) is 11.4 Å². The number of pyridine rings is 1. The molecule has 4 heteroatoms. The van der Waals surface area contributed by atoms with Gasteiger partial charge < -0.3 is 0 Å². The number of benzene rings is 1. The monoisotopic (exact) mass is 303 g/mol. The van der Waals surface area contributed by atoms with Crippen LogP contribution in [0.3, 0.4) is 0 Å². The van der Waals surface area contributed by atoms with Crippen molar-refractivity contribution in [1.82, 2.24) is 0 Å². The molecular formula is C14H12BrN2O+. The number of carbonyl (C=O) groups excluding carboxylic acids is 1. The smallest absolute Gasteiger partial charge is 0.276 e. The number of rotatable bonds is 3. The van der Waals surface area contributed by atoms with Crippen LogP contribution in [0, 0.1) is 0 Å². The first kappa shape index (κ1) is 12.5. The summed E-state index contributed by atoms with van der Waals surface area (Å²) in [6.07, 6.45) is 4.94. The van der Waals surface area contributed by atoms with Crippen LogP contribution in [0.1, 0.15) is 10.4 Å². The highest BCUT2D eigenvalue weighted by Gasteiger charge is 2.03. The van der Waals surface area contributed by atoms with Gasteiger partial charge in [0.1, 0.15) is 0 Å². The van der Waals surface area contributed by atoms with Crippen LogP contribution in [0.5, 0.6) is 0 Å². The van der Waals surface area contributed by atoms with E-state index in [9.17, 15) is 4.79 Å². The van der Waals surface area contributed by atoms with Gasteiger partial charge in [0.15, 0.2) is 5.78 Å². The quantitative estimate of drug-likeness (QED) is 0.538. The van der Waals surface area contributed by atoms with E-state index in [1.807, 2.05) is 24.3 Å². The second kappa shape index (κ2) is 5.60. The normalized spacial score (nSPS) is 10.7. The van der Waals surface area contributed by atoms with E-state index >= 15 is 0 Å². The zero-order chi connectivity index (χ0) is 13.0. The number of ketones is 1. The number of aromatic nitrogens is 1. The fourth-order valence-corrected chi connectivity index (χ4v) is 1.73. The minimum atomic E-state index is -0.0572. The average molecular weight is 304 g/mol. The van der Waals surface area contributed by atoms with Gasteiger partial charge in [-0.3, -0.25) is 10.5 Å². The molecule has 0 aliphatic carbocycles. The highest BCUT2D eigenvalue weighted by molar-refractivity contribution is 9.10. The number of anilines is 1. The lowest BCUT2D eigenvalue weighted by molar-refractivity contribution is -0.552. The Bertz CT molecular complexity index is 591. The highest BCUT2D eigenvalue weighted by atomic mass is 79.9. The summed E-state index contributed by atoms with van der Waals surface area (Å²) in [6, 6.07) is 12.7. The van der Waals surface area contributed by atoms with Crippen LogP contribution in [0.25, 0.3) is 6.20 Å². The zero-order valence-corrected chi connectivity index (χ0v) is 11.2. The molecule has 0 bridgehead atoms. The Labute approximate surface area is 114 Å². The van der Waals surface area contributed by atoms with Crippen LogP contribution in [0.4, 0.5) is 5.82 Å². The summed E-state index contributed by atoms with van der Waals surface area (Å²) in [5.41, 5.74) is 6.40. The van der Waals surface area contributed by atoms with Gasteiger partial charge in [0, 0.05) is 22.2 Å². The Hall–Kier alpha value is -1.94. The number of nitrogens with zero attached hydrogens (tertiary/aromatic N) is 1. The SMILES string of the molecule is Nc1cccc[n+]1/C=C/C(=O)c1ccc(Br)cc1. The van der Waals surface area contributed by atoms with E-state index in [0.717, 1.165) is 4.47 Å². The van der Waals surface area contributed by atoms with E-state index in [2.05, 4.69) is 15.9 Å². The number of nitrogen functional groups attached to an aromatic ring is 1. The van der Waals surface area contributed by atoms with Crippen LogP contribution in [0.15, 0.2) is 59.2 Å². The number of hydrogen-bond acceptors (Lipinski definition) is 2. The molecule has 1 aromatic carbocycles. The molecule has 0 fully saturated rings. The molecular weight excluding hydrogens is 292 g/mol. The predicted octanol–water partition coefficient (Wildman–Crippen LogP) is 2.67. The van der Waals surface area contributed by atoms with Crippen LogP contribution >= 0.6 is 15.9 Å². The van der Waals surface area contributed by atoms with Crippen LogP contribution in [-0.4, -0.2) is 5.78 Å². The fraction of sp³-hybridized carbons (Fsp3) is 0. The van der Waals surface area contributed by atoms with E-state index in [4.69, 9.17) is 5.73 Å². The molecule has 0 aliphatic rings. The molecule has 90 valence electrons. The summed E-state index contributed by atoms with van der Waals surface area (Å²) in [5.74, 6) is 0.524. The molecule has 1 heterocycles. The van der Waals surface area contributed by atoms with E-state index in [1.165, 1.54) is 6.08 Å². The van der Waals surface area contributed by atoms with Gasteiger partial charge in [0.2, 0.25) is 0 Å². The number of hydrogen-bond donors (Lipinski definition) is 1. The summed E-state index contributed by atoms with van der Waals surface area (Å²) in [6.45, 7) is 0. The Morgan fingerprint density at radius 1 is 1.17 bits per heavy atom. The number of halogens is 1. The van der Waals surface area contributed by atoms with Gasteiger partial charge in [0.05, 0.1) is 12.4 Å². The van der Waals surface area contributed by atoms with Gasteiger partial charge in [-0.2, -0.15) is 0 Å². The van der Waals surface area contributed by atoms with Crippen LogP contribution in [0.2, 0.25) is 0 Å². The molecule has 1 aromatic heterocycles. The lowest BCUT2D eigenvalue weighted by Crippen LogP contribution is -2.29. The first-order valence-corrected chi connectivity index (χ1v) is 6.20. The maximum Gasteiger partial charge on any atom is 0.276 e. The summed E-state index contributed by atoms with van der Waals surface area (Å²) in [4.78, 5) is 11.9. The van der Waals surface area contributed by atoms with Gasteiger partial charge in [-0.05, 0) is 30.3 Å². The van der Waals surface area contributed by atoms with Crippen molar-refractivity contribution in [1.29, 1.82) is 0 Å². The number of carbonyl (C=O) groups is 1. The van der Waals surface area contributed by atoms with Crippen LogP contribution < -0.4 is 10.3 Å². The number of allylic oxidation sites excluding steroid dienone is 1. The minimum Gasteiger partial charge on any atom is -0.289 e. The first-order chi connectivity index (χ1) is 8.66. The lowest BCUT2D eigenvalue weighted by atomic mass is 10.1. The maximum absolute atomic E-state index is 11.9. The molecule has 0 saturated carbocycles. The summed E-state index contributed by atoms with van der Waals surface area (Å²) >= 11 is 3.33. The van der Waals surface area contributed by atoms with Crippen molar-refractivity contribution in [3.05, 3.63) is 64.8 Å². The second-order valence-corrected chi connectivity index (χ2v) is 4.64. The maximum atomic E-state index is 11.9. The van der Waals surface area contributed by atoms with E-state index < -0.39 is 0 Å². The van der Waals surface area contributed by atoms with Gasteiger partial charge in [-0.15, -0.1) is 0 Å². The highest BCUT2D eigenvalue weighted by Crippen LogP contribution is 2.11. The summed E-state index contributed by atoms with van der Waals surface area (Å²) < 4.78 is 2.64. The van der Waals surface area contributed by atoms with Gasteiger partial charge in [-0.1, -0.05) is 22.0 Å². The molecule has 0 unspecified atom stereocenters. The number of nitrogens with two attached hydrogens (primary N) is 1. The fourth-order valence-electron chi connectivity index (χ4n) is 1.46. The average Bonchev–Trinajstić information content (AvgIpc) is 2.38. The third-order valence-electron chi connectivity index (χ3n) is 2.44. The summed E-state index contributed by atoms with van der Waals surface area (Å²) in [5, 5.41) is 0. The third-order valence-corrected chi connectivity index (χ3v) is 2.97. The molecule has 0 saturated heterocycles. The molecule has 2 aromatic rings. The molecule has 18 heavy (non-hydrogen) atoms. The molecule has 0 aliphatic heterocycles. The Morgan fingerprint density at radius 2 is 1.89 bits per heavy atom. The van der Waals surface area contributed by atoms with Crippen molar-refractivity contribution < 1.29 is 9.36 Å².